The molecule has 2 heterocycles. The molecule has 5 rings (SSSR count). The number of rotatable bonds is 7. The summed E-state index contributed by atoms with van der Waals surface area (Å²) in [6.45, 7) is 7.96. The van der Waals surface area contributed by atoms with Gasteiger partial charge in [-0.25, -0.2) is 8.51 Å². The molecule has 3 aromatic carbocycles. The molecule has 1 aliphatic heterocycles. The van der Waals surface area contributed by atoms with Gasteiger partial charge in [-0.2, -0.15) is 0 Å². The van der Waals surface area contributed by atoms with Gasteiger partial charge in [-0.1, -0.05) is 78.9 Å². The molecule has 0 spiro atoms. The summed E-state index contributed by atoms with van der Waals surface area (Å²) in [4.78, 5) is 0.901. The predicted octanol–water partition coefficient (Wildman–Crippen LogP) is 6.10. The molecule has 5 heteroatoms. The molecule has 0 radical (unpaired) electrons. The zero-order valence-corrected chi connectivity index (χ0v) is 21.3. The molecule has 4 aromatic rings. The number of nitrogens with zero attached hydrogens (tertiary/aromatic N) is 2. The number of aromatic nitrogens is 1. The van der Waals surface area contributed by atoms with Crippen molar-refractivity contribution in [3.63, 3.8) is 0 Å². The number of hydrogen-bond acceptors (Lipinski definition) is 2. The molecule has 1 saturated heterocycles. The highest BCUT2D eigenvalue weighted by atomic mass is 32.2. The summed E-state index contributed by atoms with van der Waals surface area (Å²) >= 11 is 0. The lowest BCUT2D eigenvalue weighted by Gasteiger charge is -2.26. The maximum Gasteiger partial charge on any atom is 0.128 e. The van der Waals surface area contributed by atoms with Crippen molar-refractivity contribution in [1.29, 1.82) is 0 Å². The summed E-state index contributed by atoms with van der Waals surface area (Å²) < 4.78 is 23.5. The van der Waals surface area contributed by atoms with E-state index in [2.05, 4.69) is 91.2 Å². The number of hydrogen-bond donors (Lipinski definition) is 0. The largest absolute Gasteiger partial charge is 0.379 e. The Labute approximate surface area is 210 Å². The molecule has 180 valence electrons. The first-order valence-electron chi connectivity index (χ1n) is 12.3. The Morgan fingerprint density at radius 3 is 2.09 bits per heavy atom. The second kappa shape index (κ2) is 10.7. The Morgan fingerprint density at radius 1 is 0.829 bits per heavy atom. The van der Waals surface area contributed by atoms with Crippen LogP contribution >= 0.6 is 0 Å². The van der Waals surface area contributed by atoms with Gasteiger partial charge in [0.05, 0.1) is 23.8 Å². The van der Waals surface area contributed by atoms with Gasteiger partial charge in [-0.05, 0) is 42.2 Å². The minimum atomic E-state index is -1.20. The smallest absolute Gasteiger partial charge is 0.128 e. The van der Waals surface area contributed by atoms with Crippen molar-refractivity contribution in [2.45, 2.75) is 31.7 Å². The fraction of sp³-hybridized carbons (Fsp3) is 0.267. The third-order valence-electron chi connectivity index (χ3n) is 6.81. The highest BCUT2D eigenvalue weighted by Gasteiger charge is 2.25. The highest BCUT2D eigenvalue weighted by molar-refractivity contribution is 7.82. The van der Waals surface area contributed by atoms with E-state index in [0.717, 1.165) is 23.4 Å². The van der Waals surface area contributed by atoms with Gasteiger partial charge in [0.15, 0.2) is 0 Å². The molecule has 1 aromatic heterocycles. The summed E-state index contributed by atoms with van der Waals surface area (Å²) in [6.07, 6.45) is 0.731. The van der Waals surface area contributed by atoms with Crippen LogP contribution in [0, 0.1) is 6.92 Å². The van der Waals surface area contributed by atoms with Gasteiger partial charge in [0.2, 0.25) is 0 Å². The number of benzene rings is 3. The van der Waals surface area contributed by atoms with Crippen molar-refractivity contribution in [3.8, 4) is 22.4 Å². The third kappa shape index (κ3) is 4.76. The van der Waals surface area contributed by atoms with Crippen molar-refractivity contribution in [1.82, 2.24) is 8.87 Å². The van der Waals surface area contributed by atoms with Crippen molar-refractivity contribution < 1.29 is 8.95 Å². The van der Waals surface area contributed by atoms with Crippen LogP contribution in [0.25, 0.3) is 22.4 Å². The fourth-order valence-electron chi connectivity index (χ4n) is 5.08. The van der Waals surface area contributed by atoms with Crippen LogP contribution in [-0.4, -0.2) is 39.4 Å². The topological polar surface area (TPSA) is 34.5 Å². The average molecular weight is 485 g/mol. The number of ether oxygens (including phenoxy) is 1. The maximum atomic E-state index is 13.6. The van der Waals surface area contributed by atoms with Crippen LogP contribution in [0.1, 0.15) is 23.7 Å². The average Bonchev–Trinajstić information content (AvgIpc) is 3.21. The van der Waals surface area contributed by atoms with E-state index in [1.54, 1.807) is 0 Å². The molecule has 1 aliphatic rings. The summed E-state index contributed by atoms with van der Waals surface area (Å²) in [5.74, 6) is 0. The molecule has 0 saturated carbocycles. The van der Waals surface area contributed by atoms with Gasteiger partial charge in [0, 0.05) is 37.3 Å². The van der Waals surface area contributed by atoms with E-state index < -0.39 is 11.0 Å². The first-order chi connectivity index (χ1) is 17.2. The lowest BCUT2D eigenvalue weighted by atomic mass is 9.93. The lowest BCUT2D eigenvalue weighted by molar-refractivity contribution is 0.0752. The third-order valence-corrected chi connectivity index (χ3v) is 8.42. The minimum absolute atomic E-state index is 0.630. The van der Waals surface area contributed by atoms with Gasteiger partial charge >= 0.3 is 0 Å². The SMILES string of the molecule is CCn1c(C)c(Cc2ccccc2S(=O)N2CCOCC2)c(-c2ccccc2)c1-c1ccccc1. The standard InChI is InChI=1S/C30H32N2O2S/c1-3-32-23(2)27(22-26-16-10-11-17-28(26)35(33)31-18-20-34-21-19-31)29(24-12-6-4-7-13-24)30(32)25-14-8-5-9-15-25/h4-17H,3,18-22H2,1-2H3. The Kier molecular flexibility index (Phi) is 7.28. The Hall–Kier alpha value is -2.99. The second-order valence-corrected chi connectivity index (χ2v) is 10.3. The van der Waals surface area contributed by atoms with Gasteiger partial charge in [0.25, 0.3) is 0 Å². The van der Waals surface area contributed by atoms with Gasteiger partial charge < -0.3 is 9.30 Å². The molecule has 0 bridgehead atoms. The molecule has 1 atom stereocenters. The molecule has 1 unspecified atom stereocenters. The van der Waals surface area contributed by atoms with Crippen molar-refractivity contribution >= 4 is 11.0 Å². The molecule has 0 aliphatic carbocycles. The van der Waals surface area contributed by atoms with Crippen LogP contribution in [0.4, 0.5) is 0 Å². The van der Waals surface area contributed by atoms with Gasteiger partial charge in [0.1, 0.15) is 11.0 Å². The first-order valence-corrected chi connectivity index (χ1v) is 13.4. The fourth-order valence-corrected chi connectivity index (χ4v) is 6.39. The van der Waals surface area contributed by atoms with Crippen molar-refractivity contribution in [2.24, 2.45) is 0 Å². The molecule has 0 amide bonds. The maximum absolute atomic E-state index is 13.6. The summed E-state index contributed by atoms with van der Waals surface area (Å²) in [7, 11) is -1.20. The van der Waals surface area contributed by atoms with E-state index in [1.807, 2.05) is 16.4 Å². The minimum Gasteiger partial charge on any atom is -0.379 e. The van der Waals surface area contributed by atoms with E-state index in [1.165, 1.54) is 33.6 Å². The molecule has 35 heavy (non-hydrogen) atoms. The highest BCUT2D eigenvalue weighted by Crippen LogP contribution is 2.40. The Balaban J connectivity index is 1.65. The van der Waals surface area contributed by atoms with Crippen LogP contribution in [0.5, 0.6) is 0 Å². The molecule has 4 nitrogen and oxygen atoms in total. The van der Waals surface area contributed by atoms with Gasteiger partial charge in [-0.15, -0.1) is 0 Å². The zero-order valence-electron chi connectivity index (χ0n) is 20.4. The Bertz CT molecular complexity index is 1310. The van der Waals surface area contributed by atoms with E-state index in [4.69, 9.17) is 4.74 Å². The van der Waals surface area contributed by atoms with Crippen molar-refractivity contribution in [2.75, 3.05) is 26.3 Å². The van der Waals surface area contributed by atoms with Crippen LogP contribution < -0.4 is 0 Å². The number of morpholine rings is 1. The summed E-state index contributed by atoms with van der Waals surface area (Å²) in [5.41, 5.74) is 8.61. The van der Waals surface area contributed by atoms with Crippen LogP contribution in [0.3, 0.4) is 0 Å². The second-order valence-electron chi connectivity index (χ2n) is 8.84. The van der Waals surface area contributed by atoms with Crippen LogP contribution in [0.2, 0.25) is 0 Å². The lowest BCUT2D eigenvalue weighted by Crippen LogP contribution is -2.37. The van der Waals surface area contributed by atoms with E-state index in [9.17, 15) is 4.21 Å². The monoisotopic (exact) mass is 484 g/mol. The molecule has 1 fully saturated rings. The van der Waals surface area contributed by atoms with Gasteiger partial charge in [-0.3, -0.25) is 0 Å². The molecular formula is C30H32N2O2S. The zero-order chi connectivity index (χ0) is 24.2. The molecule has 0 N–H and O–H groups in total. The Morgan fingerprint density at radius 2 is 1.43 bits per heavy atom. The predicted molar refractivity (Wildman–Crippen MR) is 144 cm³/mol. The van der Waals surface area contributed by atoms with E-state index >= 15 is 0 Å². The van der Waals surface area contributed by atoms with E-state index in [-0.39, 0.29) is 0 Å². The summed E-state index contributed by atoms with van der Waals surface area (Å²) in [5, 5.41) is 0. The first kappa shape index (κ1) is 23.7. The van der Waals surface area contributed by atoms with Crippen LogP contribution in [0.15, 0.2) is 89.8 Å². The van der Waals surface area contributed by atoms with Crippen LogP contribution in [-0.2, 0) is 28.7 Å². The quantitative estimate of drug-likeness (QED) is 0.318. The summed E-state index contributed by atoms with van der Waals surface area (Å²) in [6, 6.07) is 29.5. The van der Waals surface area contributed by atoms with E-state index in [0.29, 0.717) is 26.3 Å². The normalized spacial score (nSPS) is 15.3. The molecular weight excluding hydrogens is 452 g/mol. The van der Waals surface area contributed by atoms with Crippen molar-refractivity contribution in [3.05, 3.63) is 102 Å².